The summed E-state index contributed by atoms with van der Waals surface area (Å²) < 4.78 is 5.34. The van der Waals surface area contributed by atoms with E-state index in [1.807, 2.05) is 30.3 Å². The molecule has 0 aliphatic rings. The lowest BCUT2D eigenvalue weighted by molar-refractivity contribution is 0.109. The number of ether oxygens (including phenoxy) is 1. The molecule has 0 heterocycles. The maximum absolute atomic E-state index is 11.2. The Kier molecular flexibility index (Phi) is 3.59. The molecular formula is C14H11BrO2. The van der Waals surface area contributed by atoms with Gasteiger partial charge in [-0.25, -0.2) is 0 Å². The van der Waals surface area contributed by atoms with Crippen molar-refractivity contribution in [3.8, 4) is 5.75 Å². The van der Waals surface area contributed by atoms with Gasteiger partial charge in [0, 0.05) is 5.56 Å². The van der Waals surface area contributed by atoms with E-state index >= 15 is 0 Å². The van der Waals surface area contributed by atoms with Gasteiger partial charge in [-0.05, 0) is 51.0 Å². The zero-order valence-electron chi connectivity index (χ0n) is 9.15. The second kappa shape index (κ2) is 5.15. The molecule has 0 aliphatic carbocycles. The average Bonchev–Trinajstić information content (AvgIpc) is 2.35. The van der Waals surface area contributed by atoms with E-state index < -0.39 is 0 Å². The molecule has 0 saturated heterocycles. The van der Waals surface area contributed by atoms with Crippen molar-refractivity contribution in [2.24, 2.45) is 0 Å². The van der Waals surface area contributed by atoms with E-state index in [0.29, 0.717) is 12.2 Å². The SMILES string of the molecule is C=CCOc1ccc2cc(C(=O)Br)ccc2c1. The van der Waals surface area contributed by atoms with Gasteiger partial charge in [0.1, 0.15) is 12.4 Å². The smallest absolute Gasteiger partial charge is 0.228 e. The lowest BCUT2D eigenvalue weighted by Crippen LogP contribution is -1.92. The topological polar surface area (TPSA) is 26.3 Å². The van der Waals surface area contributed by atoms with Crippen molar-refractivity contribution < 1.29 is 9.53 Å². The van der Waals surface area contributed by atoms with Crippen LogP contribution in [-0.2, 0) is 0 Å². The summed E-state index contributed by atoms with van der Waals surface area (Å²) in [4.78, 5) is 11.2. The van der Waals surface area contributed by atoms with Crippen LogP contribution in [0, 0.1) is 0 Å². The lowest BCUT2D eigenvalue weighted by Gasteiger charge is -2.05. The summed E-state index contributed by atoms with van der Waals surface area (Å²) in [5.74, 6) is 0.801. The van der Waals surface area contributed by atoms with Gasteiger partial charge in [0.05, 0.1) is 0 Å². The van der Waals surface area contributed by atoms with Crippen molar-refractivity contribution in [1.29, 1.82) is 0 Å². The molecule has 2 nitrogen and oxygen atoms in total. The van der Waals surface area contributed by atoms with Crippen molar-refractivity contribution in [3.05, 3.63) is 54.6 Å². The maximum Gasteiger partial charge on any atom is 0.228 e. The van der Waals surface area contributed by atoms with E-state index in [1.54, 1.807) is 12.1 Å². The summed E-state index contributed by atoms with van der Waals surface area (Å²) in [6.07, 6.45) is 1.71. The number of carbonyl (C=O) groups excluding carboxylic acids is 1. The number of hydrogen-bond acceptors (Lipinski definition) is 2. The molecule has 2 rings (SSSR count). The number of halogens is 1. The van der Waals surface area contributed by atoms with Gasteiger partial charge in [-0.3, -0.25) is 4.79 Å². The molecule has 0 radical (unpaired) electrons. The molecule has 3 heteroatoms. The third-order valence-electron chi connectivity index (χ3n) is 2.41. The normalized spacial score (nSPS) is 10.2. The third-order valence-corrected chi connectivity index (χ3v) is 2.86. The van der Waals surface area contributed by atoms with E-state index in [0.717, 1.165) is 16.5 Å². The van der Waals surface area contributed by atoms with Gasteiger partial charge in [0.25, 0.3) is 0 Å². The maximum atomic E-state index is 11.2. The number of fused-ring (bicyclic) bond motifs is 1. The Morgan fingerprint density at radius 3 is 2.65 bits per heavy atom. The second-order valence-electron chi connectivity index (χ2n) is 3.60. The van der Waals surface area contributed by atoms with Crippen LogP contribution in [-0.4, -0.2) is 11.3 Å². The molecule has 0 N–H and O–H groups in total. The monoisotopic (exact) mass is 290 g/mol. The highest BCUT2D eigenvalue weighted by molar-refractivity contribution is 9.18. The van der Waals surface area contributed by atoms with Gasteiger partial charge in [-0.1, -0.05) is 24.8 Å². The van der Waals surface area contributed by atoms with Crippen LogP contribution in [0.3, 0.4) is 0 Å². The molecule has 17 heavy (non-hydrogen) atoms. The summed E-state index contributed by atoms with van der Waals surface area (Å²) in [5.41, 5.74) is 0.650. The number of benzene rings is 2. The first-order valence-corrected chi connectivity index (χ1v) is 5.97. The molecule has 0 aliphatic heterocycles. The summed E-state index contributed by atoms with van der Waals surface area (Å²) in [5, 5.41) is 2.06. The van der Waals surface area contributed by atoms with E-state index in [-0.39, 0.29) is 4.69 Å². The van der Waals surface area contributed by atoms with E-state index in [9.17, 15) is 4.79 Å². The van der Waals surface area contributed by atoms with Crippen LogP contribution >= 0.6 is 15.9 Å². The van der Waals surface area contributed by atoms with Crippen molar-refractivity contribution in [2.45, 2.75) is 0 Å². The zero-order valence-corrected chi connectivity index (χ0v) is 10.7. The van der Waals surface area contributed by atoms with Crippen LogP contribution in [0.15, 0.2) is 49.1 Å². The highest BCUT2D eigenvalue weighted by Gasteiger charge is 2.03. The highest BCUT2D eigenvalue weighted by Crippen LogP contribution is 2.22. The van der Waals surface area contributed by atoms with Crippen molar-refractivity contribution >= 4 is 31.4 Å². The van der Waals surface area contributed by atoms with Crippen LogP contribution in [0.25, 0.3) is 10.8 Å². The molecule has 0 fully saturated rings. The van der Waals surface area contributed by atoms with Gasteiger partial charge in [-0.2, -0.15) is 0 Å². The molecule has 0 unspecified atom stereocenters. The van der Waals surface area contributed by atoms with Gasteiger partial charge < -0.3 is 4.74 Å². The summed E-state index contributed by atoms with van der Waals surface area (Å²) in [6.45, 7) is 4.09. The summed E-state index contributed by atoms with van der Waals surface area (Å²) >= 11 is 2.94. The molecule has 0 bridgehead atoms. The standard InChI is InChI=1S/C14H11BrO2/c1-2-7-17-13-6-5-10-8-12(14(15)16)4-3-11(10)9-13/h2-6,8-9H,1,7H2. The lowest BCUT2D eigenvalue weighted by atomic mass is 10.1. The van der Waals surface area contributed by atoms with Crippen LogP contribution in [0.5, 0.6) is 5.75 Å². The Hall–Kier alpha value is -1.61. The van der Waals surface area contributed by atoms with Crippen molar-refractivity contribution in [3.63, 3.8) is 0 Å². The van der Waals surface area contributed by atoms with Crippen LogP contribution in [0.2, 0.25) is 0 Å². The Bertz CT molecular complexity index is 575. The summed E-state index contributed by atoms with van der Waals surface area (Å²) in [7, 11) is 0. The Morgan fingerprint density at radius 2 is 1.94 bits per heavy atom. The minimum atomic E-state index is -0.105. The minimum Gasteiger partial charge on any atom is -0.490 e. The second-order valence-corrected chi connectivity index (χ2v) is 4.32. The molecular weight excluding hydrogens is 280 g/mol. The first kappa shape index (κ1) is 11.9. The summed E-state index contributed by atoms with van der Waals surface area (Å²) in [6, 6.07) is 11.3. The molecule has 0 atom stereocenters. The third kappa shape index (κ3) is 2.74. The molecule has 2 aromatic rings. The fourth-order valence-electron chi connectivity index (χ4n) is 1.59. The highest BCUT2D eigenvalue weighted by atomic mass is 79.9. The van der Waals surface area contributed by atoms with E-state index in [1.165, 1.54) is 0 Å². The van der Waals surface area contributed by atoms with Gasteiger partial charge in [0.2, 0.25) is 4.69 Å². The van der Waals surface area contributed by atoms with Crippen LogP contribution < -0.4 is 4.74 Å². The Balaban J connectivity index is 2.39. The minimum absolute atomic E-state index is 0.105. The average molecular weight is 291 g/mol. The largest absolute Gasteiger partial charge is 0.490 e. The fraction of sp³-hybridized carbons (Fsp3) is 0.0714. The van der Waals surface area contributed by atoms with Gasteiger partial charge >= 0.3 is 0 Å². The fourth-order valence-corrected chi connectivity index (χ4v) is 1.84. The molecule has 0 spiro atoms. The predicted molar refractivity (Wildman–Crippen MR) is 72.9 cm³/mol. The number of rotatable bonds is 4. The van der Waals surface area contributed by atoms with Crippen molar-refractivity contribution in [1.82, 2.24) is 0 Å². The molecule has 2 aromatic carbocycles. The quantitative estimate of drug-likeness (QED) is 0.630. The predicted octanol–water partition coefficient (Wildman–Crippen LogP) is 3.94. The first-order chi connectivity index (χ1) is 8.20. The molecule has 0 saturated carbocycles. The Morgan fingerprint density at radius 1 is 1.24 bits per heavy atom. The van der Waals surface area contributed by atoms with Crippen molar-refractivity contribution in [2.75, 3.05) is 6.61 Å². The van der Waals surface area contributed by atoms with Crippen LogP contribution in [0.4, 0.5) is 0 Å². The molecule has 0 aromatic heterocycles. The molecule has 0 amide bonds. The first-order valence-electron chi connectivity index (χ1n) is 5.18. The van der Waals surface area contributed by atoms with Gasteiger partial charge in [-0.15, -0.1) is 0 Å². The molecule has 86 valence electrons. The number of hydrogen-bond donors (Lipinski definition) is 0. The van der Waals surface area contributed by atoms with Gasteiger partial charge in [0.15, 0.2) is 0 Å². The van der Waals surface area contributed by atoms with E-state index in [4.69, 9.17) is 4.74 Å². The zero-order chi connectivity index (χ0) is 12.3. The van der Waals surface area contributed by atoms with Crippen LogP contribution in [0.1, 0.15) is 10.4 Å². The number of carbonyl (C=O) groups is 1. The Labute approximate surface area is 108 Å². The van der Waals surface area contributed by atoms with E-state index in [2.05, 4.69) is 22.5 Å².